The van der Waals surface area contributed by atoms with E-state index in [-0.39, 0.29) is 31.1 Å². The Morgan fingerprint density at radius 3 is 0.778 bits per heavy atom. The summed E-state index contributed by atoms with van der Waals surface area (Å²) in [7, 11) is 0. The number of hydrogen-bond acceptors (Lipinski definition) is 6. The van der Waals surface area contributed by atoms with Gasteiger partial charge in [-0.2, -0.15) is 0 Å². The maximum Gasteiger partial charge on any atom is 0.306 e. The predicted octanol–water partition coefficient (Wildman–Crippen LogP) is 22.9. The first-order chi connectivity index (χ1) is 40.0. The molecule has 6 heteroatoms. The molecular formula is C75H120O6. The van der Waals surface area contributed by atoms with E-state index in [0.29, 0.717) is 25.7 Å². The van der Waals surface area contributed by atoms with E-state index in [4.69, 9.17) is 14.2 Å². The lowest BCUT2D eigenvalue weighted by Crippen LogP contribution is -2.30. The second kappa shape index (κ2) is 67.5. The topological polar surface area (TPSA) is 78.9 Å². The van der Waals surface area contributed by atoms with E-state index in [1.54, 1.807) is 0 Å². The molecule has 0 aromatic carbocycles. The number of hydrogen-bond donors (Lipinski definition) is 0. The molecule has 0 heterocycles. The van der Waals surface area contributed by atoms with Crippen molar-refractivity contribution >= 4 is 17.9 Å². The summed E-state index contributed by atoms with van der Waals surface area (Å²) in [4.78, 5) is 38.4. The Morgan fingerprint density at radius 1 is 0.259 bits per heavy atom. The second-order valence-electron chi connectivity index (χ2n) is 21.3. The summed E-state index contributed by atoms with van der Waals surface area (Å²) < 4.78 is 16.9. The molecule has 1 atom stereocenters. The molecule has 81 heavy (non-hydrogen) atoms. The molecule has 0 saturated carbocycles. The lowest BCUT2D eigenvalue weighted by Gasteiger charge is -2.18. The van der Waals surface area contributed by atoms with Crippen LogP contribution in [0, 0.1) is 0 Å². The maximum absolute atomic E-state index is 12.9. The van der Waals surface area contributed by atoms with Gasteiger partial charge in [-0.15, -0.1) is 0 Å². The molecule has 6 nitrogen and oxygen atoms in total. The van der Waals surface area contributed by atoms with E-state index < -0.39 is 6.10 Å². The summed E-state index contributed by atoms with van der Waals surface area (Å²) in [5.74, 6) is -0.973. The van der Waals surface area contributed by atoms with Crippen molar-refractivity contribution in [1.29, 1.82) is 0 Å². The van der Waals surface area contributed by atoms with Crippen molar-refractivity contribution in [3.63, 3.8) is 0 Å². The van der Waals surface area contributed by atoms with Crippen LogP contribution in [0.5, 0.6) is 0 Å². The zero-order chi connectivity index (χ0) is 58.5. The first kappa shape index (κ1) is 76.0. The number of carbonyl (C=O) groups excluding carboxylic acids is 3. The highest BCUT2D eigenvalue weighted by Crippen LogP contribution is 2.14. The Kier molecular flexibility index (Phi) is 63.4. The molecule has 0 aromatic heterocycles. The Hall–Kier alpha value is -4.97. The Bertz CT molecular complexity index is 1810. The highest BCUT2D eigenvalue weighted by Gasteiger charge is 2.19. The van der Waals surface area contributed by atoms with Crippen molar-refractivity contribution in [3.05, 3.63) is 158 Å². The van der Waals surface area contributed by atoms with Crippen LogP contribution < -0.4 is 0 Å². The van der Waals surface area contributed by atoms with Gasteiger partial charge in [0.05, 0.1) is 0 Å². The first-order valence-electron chi connectivity index (χ1n) is 33.0. The molecule has 0 rings (SSSR count). The average molecular weight is 1120 g/mol. The van der Waals surface area contributed by atoms with Crippen LogP contribution in [0.1, 0.15) is 278 Å². The van der Waals surface area contributed by atoms with E-state index in [1.807, 2.05) is 0 Å². The van der Waals surface area contributed by atoms with Crippen molar-refractivity contribution in [2.24, 2.45) is 0 Å². The third kappa shape index (κ3) is 65.7. The zero-order valence-corrected chi connectivity index (χ0v) is 52.2. The van der Waals surface area contributed by atoms with Gasteiger partial charge in [0, 0.05) is 19.3 Å². The van der Waals surface area contributed by atoms with Crippen LogP contribution >= 0.6 is 0 Å². The highest BCUT2D eigenvalue weighted by atomic mass is 16.6. The van der Waals surface area contributed by atoms with Gasteiger partial charge < -0.3 is 14.2 Å². The van der Waals surface area contributed by atoms with E-state index in [0.717, 1.165) is 148 Å². The molecule has 0 radical (unpaired) electrons. The van der Waals surface area contributed by atoms with Gasteiger partial charge in [0.15, 0.2) is 6.10 Å². The summed E-state index contributed by atoms with van der Waals surface area (Å²) in [6.07, 6.45) is 98.1. The quantitative estimate of drug-likeness (QED) is 0.0261. The zero-order valence-electron chi connectivity index (χ0n) is 52.2. The number of carbonyl (C=O) groups is 3. The summed E-state index contributed by atoms with van der Waals surface area (Å²) in [6, 6.07) is 0. The lowest BCUT2D eigenvalue weighted by atomic mass is 10.1. The fraction of sp³-hybridized carbons (Fsp3) is 0.613. The summed E-state index contributed by atoms with van der Waals surface area (Å²) in [6.45, 7) is 6.35. The van der Waals surface area contributed by atoms with Gasteiger partial charge in [-0.25, -0.2) is 0 Å². The predicted molar refractivity (Wildman–Crippen MR) is 352 cm³/mol. The average Bonchev–Trinajstić information content (AvgIpc) is 3.47. The molecule has 0 aromatic rings. The molecule has 0 spiro atoms. The number of ether oxygens (including phenoxy) is 3. The third-order valence-corrected chi connectivity index (χ3v) is 13.5. The van der Waals surface area contributed by atoms with Crippen molar-refractivity contribution in [2.45, 2.75) is 284 Å². The number of unbranched alkanes of at least 4 members (excludes halogenated alkanes) is 21. The fourth-order valence-corrected chi connectivity index (χ4v) is 8.62. The van der Waals surface area contributed by atoms with Gasteiger partial charge in [-0.1, -0.05) is 269 Å². The molecule has 0 bridgehead atoms. The molecule has 0 amide bonds. The van der Waals surface area contributed by atoms with Gasteiger partial charge in [0.25, 0.3) is 0 Å². The van der Waals surface area contributed by atoms with Crippen molar-refractivity contribution < 1.29 is 28.6 Å². The van der Waals surface area contributed by atoms with E-state index in [2.05, 4.69) is 179 Å². The molecule has 0 aliphatic heterocycles. The number of esters is 3. The standard InChI is InChI=1S/C75H120O6/c1-4-7-10-13-16-19-22-25-28-31-34-37-40-43-46-49-52-55-58-61-64-67-73(76)79-70-72(81-75(78)69-66-63-60-57-54-51-48-45-42-39-36-33-30-27-24-21-18-15-12-9-6-3)71-80-74(77)68-65-62-59-56-53-50-47-44-41-38-35-32-29-26-23-20-17-14-11-8-5-2/h7,9-10,12,16,18-19,21,23,25-28,30,32,34-37,39,41,43-44,46,52,55,72H,4-6,8,11,13-15,17,20,22,24,29,31,33,38,40,42,45,47-51,53-54,56-71H2,1-3H3/b10-7-,12-9-,19-16-,21-18-,26-23-,28-25-,30-27-,35-32-,37-34-,39-36-,44-41-,46-43-,55-52-. The SMILES string of the molecule is CC/C=C\C/C=C\C/C=C\C/C=C\C/C=C\C/C=C\CCCCC(=O)OCC(COC(=O)CCCCCCCC/C=C\C/C=C\C/C=C\CCCCCCC)OC(=O)CCCCCCCCCC/C=C\C/C=C\C/C=C\C/C=C\CC. The van der Waals surface area contributed by atoms with Crippen LogP contribution in [0.15, 0.2) is 158 Å². The number of allylic oxidation sites excluding steroid dienone is 26. The third-order valence-electron chi connectivity index (χ3n) is 13.5. The monoisotopic (exact) mass is 1120 g/mol. The molecule has 1 unspecified atom stereocenters. The summed E-state index contributed by atoms with van der Waals surface area (Å²) in [5.41, 5.74) is 0. The summed E-state index contributed by atoms with van der Waals surface area (Å²) in [5, 5.41) is 0. The Balaban J connectivity index is 4.54. The first-order valence-corrected chi connectivity index (χ1v) is 33.0. The van der Waals surface area contributed by atoms with Crippen molar-refractivity contribution in [3.8, 4) is 0 Å². The van der Waals surface area contributed by atoms with E-state index in [9.17, 15) is 14.4 Å². The maximum atomic E-state index is 12.9. The molecule has 0 N–H and O–H groups in total. The van der Waals surface area contributed by atoms with E-state index in [1.165, 1.54) is 83.5 Å². The van der Waals surface area contributed by atoms with Gasteiger partial charge >= 0.3 is 17.9 Å². The summed E-state index contributed by atoms with van der Waals surface area (Å²) >= 11 is 0. The van der Waals surface area contributed by atoms with Crippen LogP contribution in [0.2, 0.25) is 0 Å². The van der Waals surface area contributed by atoms with Crippen LogP contribution in [-0.4, -0.2) is 37.2 Å². The van der Waals surface area contributed by atoms with Crippen LogP contribution in [-0.2, 0) is 28.6 Å². The van der Waals surface area contributed by atoms with Crippen LogP contribution in [0.25, 0.3) is 0 Å². The smallest absolute Gasteiger partial charge is 0.306 e. The molecule has 0 aliphatic carbocycles. The van der Waals surface area contributed by atoms with Gasteiger partial charge in [-0.3, -0.25) is 14.4 Å². The van der Waals surface area contributed by atoms with E-state index >= 15 is 0 Å². The minimum absolute atomic E-state index is 0.109. The fourth-order valence-electron chi connectivity index (χ4n) is 8.62. The van der Waals surface area contributed by atoms with Gasteiger partial charge in [0.1, 0.15) is 13.2 Å². The van der Waals surface area contributed by atoms with Gasteiger partial charge in [0.2, 0.25) is 0 Å². The van der Waals surface area contributed by atoms with Crippen molar-refractivity contribution in [1.82, 2.24) is 0 Å². The van der Waals surface area contributed by atoms with Crippen LogP contribution in [0.4, 0.5) is 0 Å². The largest absolute Gasteiger partial charge is 0.462 e. The van der Waals surface area contributed by atoms with Gasteiger partial charge in [-0.05, 0) is 148 Å². The lowest BCUT2D eigenvalue weighted by molar-refractivity contribution is -0.167. The Morgan fingerprint density at radius 2 is 0.481 bits per heavy atom. The molecule has 0 aliphatic rings. The van der Waals surface area contributed by atoms with Crippen LogP contribution in [0.3, 0.4) is 0 Å². The minimum Gasteiger partial charge on any atom is -0.462 e. The highest BCUT2D eigenvalue weighted by molar-refractivity contribution is 5.71. The molecular weight excluding hydrogens is 997 g/mol. The Labute approximate surface area is 499 Å². The minimum atomic E-state index is -0.817. The normalized spacial score (nSPS) is 13.2. The number of rotatable bonds is 58. The second-order valence-corrected chi connectivity index (χ2v) is 21.3. The van der Waals surface area contributed by atoms with Crippen molar-refractivity contribution in [2.75, 3.05) is 13.2 Å². The molecule has 0 saturated heterocycles. The molecule has 0 fully saturated rings. The molecule has 456 valence electrons.